The molecule has 4 nitrogen and oxygen atoms in total. The number of ether oxygens (including phenoxy) is 2. The van der Waals surface area contributed by atoms with Gasteiger partial charge in [-0.3, -0.25) is 9.69 Å². The van der Waals surface area contributed by atoms with Crippen molar-refractivity contribution in [3.05, 3.63) is 99.8 Å². The molecule has 0 fully saturated rings. The molecular formula is C25H19F2NO3. The second kappa shape index (κ2) is 7.63. The Morgan fingerprint density at radius 3 is 2.61 bits per heavy atom. The number of Topliss-reactive ketones (excluding diaryl/α,β-unsaturated/α-hetero) is 1. The van der Waals surface area contributed by atoms with Gasteiger partial charge in [0.15, 0.2) is 5.76 Å². The number of nitrogens with zero attached hydrogens (tertiary/aromatic N) is 1. The second-order valence-corrected chi connectivity index (χ2v) is 7.75. The molecule has 5 rings (SSSR count). The number of carbonyl (C=O) groups is 1. The zero-order valence-electron chi connectivity index (χ0n) is 16.8. The Morgan fingerprint density at radius 1 is 1.03 bits per heavy atom. The maximum absolute atomic E-state index is 13.5. The van der Waals surface area contributed by atoms with Gasteiger partial charge < -0.3 is 9.47 Å². The summed E-state index contributed by atoms with van der Waals surface area (Å²) in [5, 5.41) is 0. The highest BCUT2D eigenvalue weighted by molar-refractivity contribution is 6.15. The Bertz CT molecular complexity index is 1220. The zero-order valence-corrected chi connectivity index (χ0v) is 16.8. The molecule has 2 heterocycles. The van der Waals surface area contributed by atoms with Crippen molar-refractivity contribution < 1.29 is 23.0 Å². The van der Waals surface area contributed by atoms with E-state index in [0.29, 0.717) is 42.4 Å². The Balaban J connectivity index is 1.42. The third-order valence-electron chi connectivity index (χ3n) is 5.47. The highest BCUT2D eigenvalue weighted by atomic mass is 19.1. The van der Waals surface area contributed by atoms with Crippen LogP contribution in [0.25, 0.3) is 6.08 Å². The minimum absolute atomic E-state index is 0.161. The van der Waals surface area contributed by atoms with Crippen molar-refractivity contribution in [2.24, 2.45) is 0 Å². The third-order valence-corrected chi connectivity index (χ3v) is 5.47. The van der Waals surface area contributed by atoms with Gasteiger partial charge in [-0.15, -0.1) is 0 Å². The van der Waals surface area contributed by atoms with E-state index < -0.39 is 0 Å². The molecule has 3 aromatic rings. The molecular weight excluding hydrogens is 400 g/mol. The number of hydrogen-bond donors (Lipinski definition) is 0. The van der Waals surface area contributed by atoms with Crippen LogP contribution in [0, 0.1) is 18.6 Å². The lowest BCUT2D eigenvalue weighted by atomic mass is 10.00. The van der Waals surface area contributed by atoms with Gasteiger partial charge in [-0.25, -0.2) is 8.78 Å². The van der Waals surface area contributed by atoms with Crippen molar-refractivity contribution in [1.82, 2.24) is 4.90 Å². The van der Waals surface area contributed by atoms with Crippen molar-refractivity contribution in [2.45, 2.75) is 20.0 Å². The second-order valence-electron chi connectivity index (χ2n) is 7.75. The molecule has 0 spiro atoms. The molecule has 0 saturated carbocycles. The molecule has 0 N–H and O–H groups in total. The average molecular weight is 419 g/mol. The number of hydrogen-bond acceptors (Lipinski definition) is 4. The lowest BCUT2D eigenvalue weighted by Gasteiger charge is -2.30. The monoisotopic (exact) mass is 419 g/mol. The van der Waals surface area contributed by atoms with Crippen LogP contribution in [-0.4, -0.2) is 17.4 Å². The Kier molecular flexibility index (Phi) is 4.79. The molecule has 3 aromatic carbocycles. The zero-order chi connectivity index (χ0) is 21.5. The minimum atomic E-state index is -0.376. The van der Waals surface area contributed by atoms with Crippen LogP contribution in [-0.2, 0) is 13.1 Å². The number of ketones is 1. The van der Waals surface area contributed by atoms with Crippen LogP contribution >= 0.6 is 0 Å². The Morgan fingerprint density at radius 2 is 1.84 bits per heavy atom. The fraction of sp³-hybridized carbons (Fsp3) is 0.160. The van der Waals surface area contributed by atoms with Gasteiger partial charge in [0.05, 0.1) is 5.56 Å². The quantitative estimate of drug-likeness (QED) is 0.544. The molecule has 0 atom stereocenters. The van der Waals surface area contributed by atoms with Gasteiger partial charge in [0.1, 0.15) is 29.9 Å². The number of benzene rings is 3. The van der Waals surface area contributed by atoms with Crippen molar-refractivity contribution >= 4 is 11.9 Å². The van der Waals surface area contributed by atoms with Gasteiger partial charge in [0.25, 0.3) is 0 Å². The number of halogens is 2. The van der Waals surface area contributed by atoms with E-state index in [-0.39, 0.29) is 23.2 Å². The molecule has 0 aliphatic carbocycles. The third kappa shape index (κ3) is 3.70. The first-order valence-corrected chi connectivity index (χ1v) is 9.94. The summed E-state index contributed by atoms with van der Waals surface area (Å²) in [4.78, 5) is 15.0. The number of carbonyl (C=O) groups excluding carboxylic acids is 1. The molecule has 6 heteroatoms. The first-order chi connectivity index (χ1) is 15.0. The van der Waals surface area contributed by atoms with Gasteiger partial charge in [-0.05, 0) is 54.5 Å². The van der Waals surface area contributed by atoms with Gasteiger partial charge >= 0.3 is 0 Å². The summed E-state index contributed by atoms with van der Waals surface area (Å²) in [7, 11) is 0. The highest BCUT2D eigenvalue weighted by Crippen LogP contribution is 2.43. The molecule has 2 aliphatic heterocycles. The van der Waals surface area contributed by atoms with Crippen LogP contribution in [0.1, 0.15) is 32.6 Å². The van der Waals surface area contributed by atoms with E-state index in [2.05, 4.69) is 4.90 Å². The molecule has 0 radical (unpaired) electrons. The highest BCUT2D eigenvalue weighted by Gasteiger charge is 2.33. The Labute approximate surface area is 178 Å². The molecule has 0 bridgehead atoms. The minimum Gasteiger partial charge on any atom is -0.477 e. The van der Waals surface area contributed by atoms with E-state index >= 15 is 0 Å². The molecule has 0 aromatic heterocycles. The van der Waals surface area contributed by atoms with Crippen LogP contribution in [0.2, 0.25) is 0 Å². The fourth-order valence-electron chi connectivity index (χ4n) is 3.99. The number of fused-ring (bicyclic) bond motifs is 2. The summed E-state index contributed by atoms with van der Waals surface area (Å²) in [6.45, 7) is 3.44. The topological polar surface area (TPSA) is 38.8 Å². The predicted octanol–water partition coefficient (Wildman–Crippen LogP) is 5.24. The summed E-state index contributed by atoms with van der Waals surface area (Å²) < 4.78 is 38.5. The number of allylic oxidation sites excluding steroid dienone is 1. The summed E-state index contributed by atoms with van der Waals surface area (Å²) >= 11 is 0. The van der Waals surface area contributed by atoms with E-state index in [4.69, 9.17) is 9.47 Å². The van der Waals surface area contributed by atoms with Gasteiger partial charge in [-0.1, -0.05) is 24.3 Å². The molecule has 31 heavy (non-hydrogen) atoms. The number of rotatable bonds is 3. The fourth-order valence-corrected chi connectivity index (χ4v) is 3.99. The van der Waals surface area contributed by atoms with Gasteiger partial charge in [-0.2, -0.15) is 0 Å². The van der Waals surface area contributed by atoms with Crippen LogP contribution < -0.4 is 9.47 Å². The summed E-state index contributed by atoms with van der Waals surface area (Å²) in [5.74, 6) is 0.483. The predicted molar refractivity (Wildman–Crippen MR) is 112 cm³/mol. The van der Waals surface area contributed by atoms with Crippen molar-refractivity contribution in [1.29, 1.82) is 0 Å². The largest absolute Gasteiger partial charge is 0.477 e. The van der Waals surface area contributed by atoms with Crippen LogP contribution in [0.3, 0.4) is 0 Å². The van der Waals surface area contributed by atoms with Gasteiger partial charge in [0, 0.05) is 24.2 Å². The van der Waals surface area contributed by atoms with Crippen LogP contribution in [0.15, 0.2) is 60.4 Å². The van der Waals surface area contributed by atoms with E-state index in [0.717, 1.165) is 16.7 Å². The van der Waals surface area contributed by atoms with E-state index in [1.807, 2.05) is 13.0 Å². The van der Waals surface area contributed by atoms with Gasteiger partial charge in [0.2, 0.25) is 5.78 Å². The van der Waals surface area contributed by atoms with Crippen LogP contribution in [0.5, 0.6) is 11.5 Å². The van der Waals surface area contributed by atoms with E-state index in [9.17, 15) is 13.6 Å². The maximum Gasteiger partial charge on any atom is 0.231 e. The summed E-state index contributed by atoms with van der Waals surface area (Å²) in [5.41, 5.74) is 3.68. The lowest BCUT2D eigenvalue weighted by molar-refractivity contribution is 0.0876. The lowest BCUT2D eigenvalue weighted by Crippen LogP contribution is -2.32. The summed E-state index contributed by atoms with van der Waals surface area (Å²) in [6.07, 6.45) is 1.55. The smallest absolute Gasteiger partial charge is 0.231 e. The molecule has 0 unspecified atom stereocenters. The first kappa shape index (κ1) is 19.5. The van der Waals surface area contributed by atoms with Crippen molar-refractivity contribution in [3.63, 3.8) is 0 Å². The summed E-state index contributed by atoms with van der Waals surface area (Å²) in [6, 6.07) is 14.2. The average Bonchev–Trinajstić information content (AvgIpc) is 3.06. The van der Waals surface area contributed by atoms with Crippen molar-refractivity contribution in [3.8, 4) is 11.5 Å². The molecule has 2 aliphatic rings. The van der Waals surface area contributed by atoms with Crippen molar-refractivity contribution in [2.75, 3.05) is 6.73 Å². The molecule has 156 valence electrons. The van der Waals surface area contributed by atoms with E-state index in [1.165, 1.54) is 24.3 Å². The normalized spacial score (nSPS) is 16.6. The first-order valence-electron chi connectivity index (χ1n) is 9.94. The molecule has 0 amide bonds. The SMILES string of the molecule is Cc1c2c(cc3c1O/C(=C\c1cccc(F)c1)C3=O)CN(Cc1ccc(F)cc1)CO2. The Hall–Kier alpha value is -3.51. The standard InChI is InChI=1S/C25H19F2NO3/c1-15-24-18(13-28(14-30-24)12-16-5-7-19(26)8-6-16)11-21-23(29)22(31-25(15)21)10-17-3-2-4-20(27)9-17/h2-11H,12-14H2,1H3/b22-10-. The van der Waals surface area contributed by atoms with Crippen LogP contribution in [0.4, 0.5) is 8.78 Å². The maximum atomic E-state index is 13.5. The molecule has 0 saturated heterocycles. The van der Waals surface area contributed by atoms with E-state index in [1.54, 1.807) is 30.3 Å².